The maximum atomic E-state index is 12.2. The lowest BCUT2D eigenvalue weighted by atomic mass is 9.75. The fourth-order valence-corrected chi connectivity index (χ4v) is 1.78. The van der Waals surface area contributed by atoms with Crippen molar-refractivity contribution in [1.82, 2.24) is 0 Å². The molecule has 0 bridgehead atoms. The van der Waals surface area contributed by atoms with E-state index in [1.165, 1.54) is 7.11 Å². The fourth-order valence-electron chi connectivity index (χ4n) is 1.78. The fraction of sp³-hybridized carbons (Fsp3) is 0.833. The Morgan fingerprint density at radius 2 is 1.94 bits per heavy atom. The van der Waals surface area contributed by atoms with Gasteiger partial charge in [-0.15, -0.1) is 0 Å². The van der Waals surface area contributed by atoms with Crippen LogP contribution in [0.4, 0.5) is 0 Å². The Balaban J connectivity index is 2.70. The number of esters is 1. The van der Waals surface area contributed by atoms with Crippen molar-refractivity contribution in [3.63, 3.8) is 0 Å². The van der Waals surface area contributed by atoms with Gasteiger partial charge in [0.05, 0.1) is 26.7 Å². The van der Waals surface area contributed by atoms with Gasteiger partial charge in [-0.25, -0.2) is 0 Å². The molecular formula is C12H20O4. The van der Waals surface area contributed by atoms with E-state index in [2.05, 4.69) is 4.74 Å². The molecule has 0 spiro atoms. The summed E-state index contributed by atoms with van der Waals surface area (Å²) in [7, 11) is 1.35. The number of rotatable bonds is 4. The van der Waals surface area contributed by atoms with Crippen molar-refractivity contribution in [2.75, 3.05) is 20.3 Å². The van der Waals surface area contributed by atoms with Crippen LogP contribution in [0.1, 0.15) is 27.2 Å². The van der Waals surface area contributed by atoms with Crippen molar-refractivity contribution in [3.8, 4) is 0 Å². The highest BCUT2D eigenvalue weighted by atomic mass is 16.5. The summed E-state index contributed by atoms with van der Waals surface area (Å²) in [5, 5.41) is 0. The van der Waals surface area contributed by atoms with Crippen LogP contribution in [0.2, 0.25) is 0 Å². The summed E-state index contributed by atoms with van der Waals surface area (Å²) >= 11 is 0. The Labute approximate surface area is 96.3 Å². The van der Waals surface area contributed by atoms with Gasteiger partial charge in [0.25, 0.3) is 0 Å². The smallest absolute Gasteiger partial charge is 0.306 e. The van der Waals surface area contributed by atoms with E-state index in [4.69, 9.17) is 4.74 Å². The second-order valence-corrected chi connectivity index (χ2v) is 5.30. The molecule has 0 aromatic carbocycles. The highest BCUT2D eigenvalue weighted by Crippen LogP contribution is 2.31. The molecule has 0 saturated carbocycles. The molecular weight excluding hydrogens is 208 g/mol. The van der Waals surface area contributed by atoms with E-state index in [0.717, 1.165) is 0 Å². The van der Waals surface area contributed by atoms with E-state index in [9.17, 15) is 9.59 Å². The van der Waals surface area contributed by atoms with E-state index in [0.29, 0.717) is 13.2 Å². The Kier molecular flexibility index (Phi) is 4.08. The van der Waals surface area contributed by atoms with E-state index >= 15 is 0 Å². The minimum absolute atomic E-state index is 0.117. The zero-order valence-corrected chi connectivity index (χ0v) is 10.4. The van der Waals surface area contributed by atoms with Gasteiger partial charge in [-0.3, -0.25) is 9.59 Å². The van der Waals surface area contributed by atoms with Crippen LogP contribution in [-0.2, 0) is 19.1 Å². The van der Waals surface area contributed by atoms with Gasteiger partial charge in [-0.2, -0.15) is 0 Å². The predicted octanol–water partition coefficient (Wildman–Crippen LogP) is 1.43. The Hall–Kier alpha value is -0.900. The lowest BCUT2D eigenvalue weighted by Gasteiger charge is -2.35. The summed E-state index contributed by atoms with van der Waals surface area (Å²) in [6.45, 7) is 6.77. The van der Waals surface area contributed by atoms with Crippen molar-refractivity contribution in [2.45, 2.75) is 27.2 Å². The number of carbonyl (C=O) groups is 2. The Morgan fingerprint density at radius 3 is 2.25 bits per heavy atom. The van der Waals surface area contributed by atoms with Crippen LogP contribution in [0.25, 0.3) is 0 Å². The molecule has 1 rings (SSSR count). The first-order valence-corrected chi connectivity index (χ1v) is 5.55. The molecule has 1 heterocycles. The lowest BCUT2D eigenvalue weighted by Crippen LogP contribution is -2.43. The van der Waals surface area contributed by atoms with Crippen LogP contribution < -0.4 is 0 Å². The zero-order chi connectivity index (χ0) is 12.3. The van der Waals surface area contributed by atoms with Gasteiger partial charge in [0.2, 0.25) is 0 Å². The van der Waals surface area contributed by atoms with Gasteiger partial charge < -0.3 is 9.47 Å². The third kappa shape index (κ3) is 3.04. The van der Waals surface area contributed by atoms with E-state index in [-0.39, 0.29) is 30.0 Å². The lowest BCUT2D eigenvalue weighted by molar-refractivity contribution is -0.152. The molecule has 1 atom stereocenters. The molecule has 0 N–H and O–H groups in total. The normalized spacial score (nSPS) is 18.8. The Morgan fingerprint density at radius 1 is 1.38 bits per heavy atom. The second kappa shape index (κ2) is 4.95. The first-order chi connectivity index (χ1) is 7.36. The number of hydrogen-bond acceptors (Lipinski definition) is 4. The van der Waals surface area contributed by atoms with Gasteiger partial charge in [-0.05, 0) is 0 Å². The van der Waals surface area contributed by atoms with Gasteiger partial charge in [0, 0.05) is 17.3 Å². The highest BCUT2D eigenvalue weighted by molar-refractivity contribution is 5.89. The first kappa shape index (κ1) is 13.2. The van der Waals surface area contributed by atoms with Gasteiger partial charge in [-0.1, -0.05) is 20.8 Å². The maximum Gasteiger partial charge on any atom is 0.306 e. The summed E-state index contributed by atoms with van der Waals surface area (Å²) in [6.07, 6.45) is 0.167. The van der Waals surface area contributed by atoms with Crippen LogP contribution in [0.5, 0.6) is 0 Å². The third-order valence-electron chi connectivity index (χ3n) is 2.92. The maximum absolute atomic E-state index is 12.2. The van der Waals surface area contributed by atoms with Crippen molar-refractivity contribution in [3.05, 3.63) is 0 Å². The van der Waals surface area contributed by atoms with Crippen LogP contribution in [0, 0.1) is 17.3 Å². The summed E-state index contributed by atoms with van der Waals surface area (Å²) in [5.74, 6) is -0.298. The SMILES string of the molecule is COC(=O)CC(C(=O)C(C)(C)C)C1COC1. The van der Waals surface area contributed by atoms with Crippen LogP contribution >= 0.6 is 0 Å². The van der Waals surface area contributed by atoms with Crippen molar-refractivity contribution in [1.29, 1.82) is 0 Å². The number of carbonyl (C=O) groups excluding carboxylic acids is 2. The van der Waals surface area contributed by atoms with Crippen molar-refractivity contribution in [2.24, 2.45) is 17.3 Å². The molecule has 1 unspecified atom stereocenters. The topological polar surface area (TPSA) is 52.6 Å². The molecule has 4 nitrogen and oxygen atoms in total. The Bertz CT molecular complexity index is 273. The van der Waals surface area contributed by atoms with Gasteiger partial charge in [0.1, 0.15) is 5.78 Å². The molecule has 0 amide bonds. The van der Waals surface area contributed by atoms with Gasteiger partial charge in [0.15, 0.2) is 0 Å². The molecule has 92 valence electrons. The number of hydrogen-bond donors (Lipinski definition) is 0. The third-order valence-corrected chi connectivity index (χ3v) is 2.92. The standard InChI is InChI=1S/C12H20O4/c1-12(2,3)11(14)9(5-10(13)15-4)8-6-16-7-8/h8-9H,5-7H2,1-4H3. The summed E-state index contributed by atoms with van der Waals surface area (Å²) in [4.78, 5) is 23.5. The van der Waals surface area contributed by atoms with Crippen LogP contribution in [-0.4, -0.2) is 32.1 Å². The molecule has 4 heteroatoms. The van der Waals surface area contributed by atoms with Crippen LogP contribution in [0.3, 0.4) is 0 Å². The van der Waals surface area contributed by atoms with Crippen molar-refractivity contribution < 1.29 is 19.1 Å². The number of methoxy groups -OCH3 is 1. The first-order valence-electron chi connectivity index (χ1n) is 5.55. The van der Waals surface area contributed by atoms with Crippen LogP contribution in [0.15, 0.2) is 0 Å². The summed E-state index contributed by atoms with van der Waals surface area (Å²) in [6, 6.07) is 0. The van der Waals surface area contributed by atoms with E-state index < -0.39 is 5.41 Å². The molecule has 0 aromatic rings. The highest BCUT2D eigenvalue weighted by Gasteiger charge is 2.39. The summed E-state index contributed by atoms with van der Waals surface area (Å²) in [5.41, 5.74) is -0.422. The second-order valence-electron chi connectivity index (χ2n) is 5.30. The molecule has 16 heavy (non-hydrogen) atoms. The molecule has 1 fully saturated rings. The summed E-state index contributed by atoms with van der Waals surface area (Å²) < 4.78 is 9.72. The molecule has 1 aliphatic rings. The molecule has 0 radical (unpaired) electrons. The largest absolute Gasteiger partial charge is 0.469 e. The average molecular weight is 228 g/mol. The molecule has 0 aromatic heterocycles. The average Bonchev–Trinajstić information content (AvgIpc) is 2.11. The number of ketones is 1. The molecule has 1 aliphatic heterocycles. The predicted molar refractivity (Wildman–Crippen MR) is 58.9 cm³/mol. The minimum atomic E-state index is -0.422. The quantitative estimate of drug-likeness (QED) is 0.683. The molecule has 1 saturated heterocycles. The zero-order valence-electron chi connectivity index (χ0n) is 10.4. The monoisotopic (exact) mass is 228 g/mol. The van der Waals surface area contributed by atoms with E-state index in [1.807, 2.05) is 20.8 Å². The van der Waals surface area contributed by atoms with Gasteiger partial charge >= 0.3 is 5.97 Å². The number of ether oxygens (including phenoxy) is 2. The minimum Gasteiger partial charge on any atom is -0.469 e. The molecule has 0 aliphatic carbocycles. The van der Waals surface area contributed by atoms with E-state index in [1.54, 1.807) is 0 Å². The number of Topliss-reactive ketones (excluding diaryl/α,β-unsaturated/α-hetero) is 1. The van der Waals surface area contributed by atoms with Crippen molar-refractivity contribution >= 4 is 11.8 Å².